The zero-order valence-corrected chi connectivity index (χ0v) is 19.5. The van der Waals surface area contributed by atoms with E-state index in [0.29, 0.717) is 6.04 Å². The van der Waals surface area contributed by atoms with Crippen LogP contribution in [0.15, 0.2) is 53.0 Å². The van der Waals surface area contributed by atoms with E-state index < -0.39 is 0 Å². The number of rotatable bonds is 5. The number of carbonyl (C=O) groups is 1. The van der Waals surface area contributed by atoms with Crippen molar-refractivity contribution in [3.05, 3.63) is 63.6 Å². The first-order valence-electron chi connectivity index (χ1n) is 10.9. The summed E-state index contributed by atoms with van der Waals surface area (Å²) in [5.74, 6) is 0.732. The van der Waals surface area contributed by atoms with Crippen LogP contribution in [-0.2, 0) is 6.42 Å². The quantitative estimate of drug-likeness (QED) is 0.532. The summed E-state index contributed by atoms with van der Waals surface area (Å²) in [5, 5.41) is 7.00. The molecule has 2 N–H and O–H groups in total. The van der Waals surface area contributed by atoms with Crippen molar-refractivity contribution >= 4 is 39.2 Å². The van der Waals surface area contributed by atoms with Gasteiger partial charge in [-0.25, -0.2) is 4.79 Å². The average molecular weight is 491 g/mol. The maximum absolute atomic E-state index is 12.5. The monoisotopic (exact) mass is 489 g/mol. The molecule has 4 rings (SSSR count). The predicted octanol–water partition coefficient (Wildman–Crippen LogP) is 6.10. The Morgan fingerprint density at radius 1 is 1.07 bits per heavy atom. The second-order valence-corrected chi connectivity index (χ2v) is 9.88. The summed E-state index contributed by atoms with van der Waals surface area (Å²) >= 11 is 9.45. The highest BCUT2D eigenvalue weighted by Crippen LogP contribution is 2.30. The number of benzene rings is 2. The first-order chi connectivity index (χ1) is 14.6. The Balaban J connectivity index is 1.26. The maximum Gasteiger partial charge on any atom is 0.319 e. The Morgan fingerprint density at radius 2 is 1.83 bits per heavy atom. The van der Waals surface area contributed by atoms with E-state index in [1.165, 1.54) is 31.2 Å². The van der Waals surface area contributed by atoms with Crippen LogP contribution >= 0.6 is 27.5 Å². The Morgan fingerprint density at radius 3 is 2.57 bits per heavy atom. The van der Waals surface area contributed by atoms with Gasteiger partial charge in [0.05, 0.1) is 0 Å². The van der Waals surface area contributed by atoms with Gasteiger partial charge in [0.1, 0.15) is 0 Å². The van der Waals surface area contributed by atoms with Crippen LogP contribution in [0.1, 0.15) is 37.7 Å². The lowest BCUT2D eigenvalue weighted by Gasteiger charge is -2.38. The van der Waals surface area contributed by atoms with Crippen molar-refractivity contribution < 1.29 is 4.79 Å². The van der Waals surface area contributed by atoms with Gasteiger partial charge in [0, 0.05) is 27.3 Å². The summed E-state index contributed by atoms with van der Waals surface area (Å²) < 4.78 is 0.959. The lowest BCUT2D eigenvalue weighted by Crippen LogP contribution is -2.52. The van der Waals surface area contributed by atoms with Crippen molar-refractivity contribution in [2.75, 3.05) is 18.4 Å². The van der Waals surface area contributed by atoms with Crippen molar-refractivity contribution in [2.45, 2.75) is 50.6 Å². The van der Waals surface area contributed by atoms with E-state index in [1.807, 2.05) is 36.4 Å². The number of urea groups is 1. The fourth-order valence-corrected chi connectivity index (χ4v) is 5.42. The lowest BCUT2D eigenvalue weighted by molar-refractivity contribution is 0.119. The second-order valence-electron chi connectivity index (χ2n) is 8.52. The van der Waals surface area contributed by atoms with Gasteiger partial charge < -0.3 is 10.6 Å². The molecule has 0 bridgehead atoms. The third-order valence-electron chi connectivity index (χ3n) is 6.43. The molecule has 30 heavy (non-hydrogen) atoms. The molecule has 2 unspecified atom stereocenters. The van der Waals surface area contributed by atoms with E-state index in [2.05, 4.69) is 43.6 Å². The Kier molecular flexibility index (Phi) is 7.34. The standard InChI is InChI=1S/C24H29BrClN3O/c25-19-3-1-4-21(16-19)27-24(30)28-22-5-2-6-23(22)29-13-11-18(12-14-29)15-17-7-9-20(26)10-8-17/h1,3-4,7-10,16,18,22-23H,2,5-6,11-15H2,(H2,27,28,30). The zero-order chi connectivity index (χ0) is 20.9. The highest BCUT2D eigenvalue weighted by atomic mass is 79.9. The molecule has 2 aromatic rings. The molecule has 1 heterocycles. The van der Waals surface area contributed by atoms with Gasteiger partial charge in [-0.1, -0.05) is 45.7 Å². The molecule has 2 fully saturated rings. The number of nitrogens with zero attached hydrogens (tertiary/aromatic N) is 1. The van der Waals surface area contributed by atoms with Crippen LogP contribution in [0.2, 0.25) is 5.02 Å². The van der Waals surface area contributed by atoms with Gasteiger partial charge in [-0.05, 0) is 93.4 Å². The van der Waals surface area contributed by atoms with Gasteiger partial charge in [-0.3, -0.25) is 4.90 Å². The molecule has 0 spiro atoms. The zero-order valence-electron chi connectivity index (χ0n) is 17.1. The Hall–Kier alpha value is -1.56. The van der Waals surface area contributed by atoms with Crippen LogP contribution in [0.3, 0.4) is 0 Å². The third-order valence-corrected chi connectivity index (χ3v) is 7.18. The minimum absolute atomic E-state index is 0.109. The van der Waals surface area contributed by atoms with Crippen molar-refractivity contribution in [2.24, 2.45) is 5.92 Å². The minimum Gasteiger partial charge on any atom is -0.334 e. The third kappa shape index (κ3) is 5.77. The number of amides is 2. The smallest absolute Gasteiger partial charge is 0.319 e. The van der Waals surface area contributed by atoms with E-state index in [4.69, 9.17) is 11.6 Å². The number of halogens is 2. The fourth-order valence-electron chi connectivity index (χ4n) is 4.89. The van der Waals surface area contributed by atoms with Crippen molar-refractivity contribution in [1.82, 2.24) is 10.2 Å². The second kappa shape index (κ2) is 10.2. The van der Waals surface area contributed by atoms with Gasteiger partial charge in [-0.2, -0.15) is 0 Å². The number of likely N-dealkylation sites (tertiary alicyclic amines) is 1. The molecule has 1 saturated heterocycles. The molecule has 0 aromatic heterocycles. The topological polar surface area (TPSA) is 44.4 Å². The molecule has 1 aliphatic heterocycles. The Labute approximate surface area is 192 Å². The van der Waals surface area contributed by atoms with Crippen LogP contribution in [0.4, 0.5) is 10.5 Å². The molecule has 2 amide bonds. The first kappa shape index (κ1) is 21.7. The SMILES string of the molecule is O=C(Nc1cccc(Br)c1)NC1CCCC1N1CCC(Cc2ccc(Cl)cc2)CC1. The minimum atomic E-state index is -0.109. The van der Waals surface area contributed by atoms with Crippen LogP contribution in [0.25, 0.3) is 0 Å². The molecule has 1 saturated carbocycles. The van der Waals surface area contributed by atoms with Gasteiger partial charge in [0.2, 0.25) is 0 Å². The van der Waals surface area contributed by atoms with E-state index in [-0.39, 0.29) is 12.1 Å². The number of carbonyl (C=O) groups excluding carboxylic acids is 1. The van der Waals surface area contributed by atoms with E-state index in [1.54, 1.807) is 0 Å². The summed E-state index contributed by atoms with van der Waals surface area (Å²) in [7, 11) is 0. The van der Waals surface area contributed by atoms with E-state index in [0.717, 1.165) is 47.0 Å². The van der Waals surface area contributed by atoms with Gasteiger partial charge >= 0.3 is 6.03 Å². The van der Waals surface area contributed by atoms with Crippen molar-refractivity contribution in [3.63, 3.8) is 0 Å². The van der Waals surface area contributed by atoms with Gasteiger partial charge in [-0.15, -0.1) is 0 Å². The van der Waals surface area contributed by atoms with Crippen LogP contribution in [-0.4, -0.2) is 36.1 Å². The molecule has 2 aromatic carbocycles. The molecule has 6 heteroatoms. The highest BCUT2D eigenvalue weighted by molar-refractivity contribution is 9.10. The molecule has 160 valence electrons. The van der Waals surface area contributed by atoms with Crippen molar-refractivity contribution in [1.29, 1.82) is 0 Å². The van der Waals surface area contributed by atoms with E-state index >= 15 is 0 Å². The molecular formula is C24H29BrClN3O. The largest absolute Gasteiger partial charge is 0.334 e. The average Bonchev–Trinajstić information content (AvgIpc) is 3.18. The molecule has 4 nitrogen and oxygen atoms in total. The van der Waals surface area contributed by atoms with E-state index in [9.17, 15) is 4.79 Å². The molecule has 2 atom stereocenters. The predicted molar refractivity (Wildman–Crippen MR) is 127 cm³/mol. The summed E-state index contributed by atoms with van der Waals surface area (Å²) in [5.41, 5.74) is 2.18. The number of nitrogens with one attached hydrogen (secondary N) is 2. The van der Waals surface area contributed by atoms with Crippen LogP contribution < -0.4 is 10.6 Å². The Bertz CT molecular complexity index is 852. The first-order valence-corrected chi connectivity index (χ1v) is 12.1. The summed E-state index contributed by atoms with van der Waals surface area (Å²) in [6, 6.07) is 16.5. The normalized spacial score (nSPS) is 22.7. The number of hydrogen-bond donors (Lipinski definition) is 2. The summed E-state index contributed by atoms with van der Waals surface area (Å²) in [6.45, 7) is 2.24. The van der Waals surface area contributed by atoms with Crippen LogP contribution in [0.5, 0.6) is 0 Å². The van der Waals surface area contributed by atoms with Crippen LogP contribution in [0, 0.1) is 5.92 Å². The molecule has 0 radical (unpaired) electrons. The fraction of sp³-hybridized carbons (Fsp3) is 0.458. The molecule has 1 aliphatic carbocycles. The lowest BCUT2D eigenvalue weighted by atomic mass is 9.89. The summed E-state index contributed by atoms with van der Waals surface area (Å²) in [4.78, 5) is 15.1. The summed E-state index contributed by atoms with van der Waals surface area (Å²) in [6.07, 6.45) is 6.97. The number of piperidine rings is 1. The van der Waals surface area contributed by atoms with Gasteiger partial charge in [0.25, 0.3) is 0 Å². The maximum atomic E-state index is 12.5. The van der Waals surface area contributed by atoms with Gasteiger partial charge in [0.15, 0.2) is 0 Å². The highest BCUT2D eigenvalue weighted by Gasteiger charge is 2.35. The number of anilines is 1. The number of hydrogen-bond acceptors (Lipinski definition) is 2. The molecular weight excluding hydrogens is 462 g/mol. The molecule has 2 aliphatic rings. The van der Waals surface area contributed by atoms with Crippen molar-refractivity contribution in [3.8, 4) is 0 Å².